The molecule has 0 unspecified atom stereocenters. The van der Waals surface area contributed by atoms with E-state index in [1.165, 1.54) is 0 Å². The molecular formula is C20H24N2O4. The average molecular weight is 356 g/mol. The van der Waals surface area contributed by atoms with Gasteiger partial charge in [-0.1, -0.05) is 6.07 Å². The van der Waals surface area contributed by atoms with Crippen molar-refractivity contribution in [1.29, 1.82) is 0 Å². The number of ether oxygens (including phenoxy) is 2. The van der Waals surface area contributed by atoms with Gasteiger partial charge < -0.3 is 18.8 Å². The minimum absolute atomic E-state index is 0.0156. The molecule has 1 amide bonds. The second kappa shape index (κ2) is 7.50. The highest BCUT2D eigenvalue weighted by atomic mass is 16.5. The van der Waals surface area contributed by atoms with Gasteiger partial charge in [0.25, 0.3) is 5.91 Å². The van der Waals surface area contributed by atoms with E-state index in [4.69, 9.17) is 13.9 Å². The summed E-state index contributed by atoms with van der Waals surface area (Å²) in [6, 6.07) is 9.16. The number of furan rings is 1. The van der Waals surface area contributed by atoms with E-state index in [0.717, 1.165) is 39.0 Å². The molecule has 138 valence electrons. The topological polar surface area (TPSA) is 64.8 Å². The number of rotatable bonds is 4. The molecule has 0 bridgehead atoms. The maximum atomic E-state index is 12.5. The van der Waals surface area contributed by atoms with Crippen LogP contribution in [0.1, 0.15) is 29.8 Å². The van der Waals surface area contributed by atoms with E-state index < -0.39 is 0 Å². The highest BCUT2D eigenvalue weighted by Gasteiger charge is 2.44. The van der Waals surface area contributed by atoms with Crippen LogP contribution in [0, 0.1) is 11.3 Å². The highest BCUT2D eigenvalue weighted by molar-refractivity contribution is 5.91. The smallest absolute Gasteiger partial charge is 0.289 e. The van der Waals surface area contributed by atoms with Crippen molar-refractivity contribution in [3.63, 3.8) is 0 Å². The van der Waals surface area contributed by atoms with E-state index in [2.05, 4.69) is 4.98 Å². The molecule has 2 aliphatic rings. The van der Waals surface area contributed by atoms with Crippen molar-refractivity contribution >= 4 is 5.91 Å². The van der Waals surface area contributed by atoms with Crippen LogP contribution in [0.25, 0.3) is 0 Å². The summed E-state index contributed by atoms with van der Waals surface area (Å²) in [7, 11) is 0. The number of likely N-dealkylation sites (tertiary alicyclic amines) is 1. The molecule has 2 saturated heterocycles. The Morgan fingerprint density at radius 3 is 2.85 bits per heavy atom. The predicted molar refractivity (Wildman–Crippen MR) is 94.9 cm³/mol. The monoisotopic (exact) mass is 356 g/mol. The summed E-state index contributed by atoms with van der Waals surface area (Å²) >= 11 is 0. The van der Waals surface area contributed by atoms with Crippen molar-refractivity contribution in [2.45, 2.75) is 19.3 Å². The second-order valence-corrected chi connectivity index (χ2v) is 7.13. The van der Waals surface area contributed by atoms with E-state index in [-0.39, 0.29) is 11.3 Å². The Bertz CT molecular complexity index is 709. The van der Waals surface area contributed by atoms with Gasteiger partial charge in [-0.3, -0.25) is 4.79 Å². The minimum Gasteiger partial charge on any atom is -0.477 e. The number of nitrogens with zero attached hydrogens (tertiary/aromatic N) is 2. The van der Waals surface area contributed by atoms with Gasteiger partial charge in [-0.2, -0.15) is 0 Å². The Morgan fingerprint density at radius 1 is 1.23 bits per heavy atom. The fourth-order valence-electron chi connectivity index (χ4n) is 4.09. The van der Waals surface area contributed by atoms with Gasteiger partial charge in [0.05, 0.1) is 19.5 Å². The van der Waals surface area contributed by atoms with Crippen LogP contribution in [-0.4, -0.2) is 48.7 Å². The molecular weight excluding hydrogens is 332 g/mol. The molecule has 0 N–H and O–H groups in total. The highest BCUT2D eigenvalue weighted by Crippen LogP contribution is 2.45. The molecule has 2 aromatic rings. The van der Waals surface area contributed by atoms with Crippen molar-refractivity contribution in [2.24, 2.45) is 11.3 Å². The normalized spacial score (nSPS) is 22.3. The van der Waals surface area contributed by atoms with Crippen molar-refractivity contribution in [3.8, 4) is 5.88 Å². The summed E-state index contributed by atoms with van der Waals surface area (Å²) < 4.78 is 16.9. The van der Waals surface area contributed by atoms with Gasteiger partial charge in [0.2, 0.25) is 5.88 Å². The molecule has 4 heterocycles. The van der Waals surface area contributed by atoms with Crippen molar-refractivity contribution < 1.29 is 18.7 Å². The Balaban J connectivity index is 1.39. The standard InChI is InChI=1S/C20H24N2O4/c23-19(17-4-3-12-25-17)22-10-6-20(7-11-22)8-13-24-14-16(20)15-26-18-5-1-2-9-21-18/h1-5,9,12,16H,6-8,10-11,13-15H2/t16-/m0/s1. The number of carbonyl (C=O) groups is 1. The van der Waals surface area contributed by atoms with Gasteiger partial charge in [0.1, 0.15) is 0 Å². The van der Waals surface area contributed by atoms with E-state index in [9.17, 15) is 4.79 Å². The van der Waals surface area contributed by atoms with E-state index in [1.807, 2.05) is 23.1 Å². The SMILES string of the molecule is O=C(c1ccco1)N1CCC2(CCOC[C@H]2COc2ccccn2)CC1. The van der Waals surface area contributed by atoms with Crippen LogP contribution in [0.15, 0.2) is 47.2 Å². The number of pyridine rings is 1. The lowest BCUT2D eigenvalue weighted by atomic mass is 9.66. The summed E-state index contributed by atoms with van der Waals surface area (Å²) in [5.41, 5.74) is 0.174. The molecule has 1 atom stereocenters. The average Bonchev–Trinajstić information content (AvgIpc) is 3.23. The molecule has 1 spiro atoms. The minimum atomic E-state index is -0.0156. The number of aromatic nitrogens is 1. The number of amides is 1. The summed E-state index contributed by atoms with van der Waals surface area (Å²) in [6.07, 6.45) is 6.24. The largest absolute Gasteiger partial charge is 0.477 e. The van der Waals surface area contributed by atoms with Gasteiger partial charge in [0, 0.05) is 37.9 Å². The zero-order chi connectivity index (χ0) is 17.8. The maximum absolute atomic E-state index is 12.5. The fourth-order valence-corrected chi connectivity index (χ4v) is 4.09. The van der Waals surface area contributed by atoms with Crippen molar-refractivity contribution in [3.05, 3.63) is 48.6 Å². The van der Waals surface area contributed by atoms with Crippen LogP contribution in [0.3, 0.4) is 0 Å². The predicted octanol–water partition coefficient (Wildman–Crippen LogP) is 3.01. The molecule has 2 aliphatic heterocycles. The van der Waals surface area contributed by atoms with Crippen LogP contribution < -0.4 is 4.74 Å². The quantitative estimate of drug-likeness (QED) is 0.843. The van der Waals surface area contributed by atoms with Gasteiger partial charge in [-0.25, -0.2) is 4.98 Å². The van der Waals surface area contributed by atoms with E-state index >= 15 is 0 Å². The molecule has 26 heavy (non-hydrogen) atoms. The second-order valence-electron chi connectivity index (χ2n) is 7.13. The summed E-state index contributed by atoms with van der Waals surface area (Å²) in [6.45, 7) is 3.59. The molecule has 0 radical (unpaired) electrons. The molecule has 0 saturated carbocycles. The third-order valence-corrected chi connectivity index (χ3v) is 5.78. The number of piperidine rings is 1. The van der Waals surface area contributed by atoms with Gasteiger partial charge in [-0.15, -0.1) is 0 Å². The Labute approximate surface area is 153 Å². The van der Waals surface area contributed by atoms with Crippen LogP contribution in [0.5, 0.6) is 5.88 Å². The molecule has 6 heteroatoms. The summed E-state index contributed by atoms with van der Waals surface area (Å²) in [5.74, 6) is 1.37. The Morgan fingerprint density at radius 2 is 2.12 bits per heavy atom. The summed E-state index contributed by atoms with van der Waals surface area (Å²) in [5, 5.41) is 0. The van der Waals surface area contributed by atoms with E-state index in [1.54, 1.807) is 24.6 Å². The molecule has 0 aromatic carbocycles. The zero-order valence-electron chi connectivity index (χ0n) is 14.8. The molecule has 6 nitrogen and oxygen atoms in total. The third-order valence-electron chi connectivity index (χ3n) is 5.78. The lowest BCUT2D eigenvalue weighted by Gasteiger charge is -2.48. The van der Waals surface area contributed by atoms with Crippen LogP contribution in [0.4, 0.5) is 0 Å². The Kier molecular flexibility index (Phi) is 4.93. The number of hydrogen-bond donors (Lipinski definition) is 0. The van der Waals surface area contributed by atoms with Gasteiger partial charge >= 0.3 is 0 Å². The molecule has 2 fully saturated rings. The first-order valence-corrected chi connectivity index (χ1v) is 9.21. The van der Waals surface area contributed by atoms with Gasteiger partial charge in [0.15, 0.2) is 5.76 Å². The molecule has 4 rings (SSSR count). The number of carbonyl (C=O) groups excluding carboxylic acids is 1. The lowest BCUT2D eigenvalue weighted by Crippen LogP contribution is -2.50. The lowest BCUT2D eigenvalue weighted by molar-refractivity contribution is -0.0827. The van der Waals surface area contributed by atoms with Crippen LogP contribution in [0.2, 0.25) is 0 Å². The summed E-state index contributed by atoms with van der Waals surface area (Å²) in [4.78, 5) is 18.6. The number of hydrogen-bond acceptors (Lipinski definition) is 5. The molecule has 2 aromatic heterocycles. The van der Waals surface area contributed by atoms with Crippen molar-refractivity contribution in [2.75, 3.05) is 32.9 Å². The van der Waals surface area contributed by atoms with Gasteiger partial charge in [-0.05, 0) is 42.9 Å². The zero-order valence-corrected chi connectivity index (χ0v) is 14.8. The third kappa shape index (κ3) is 3.46. The maximum Gasteiger partial charge on any atom is 0.289 e. The molecule has 0 aliphatic carbocycles. The first-order valence-electron chi connectivity index (χ1n) is 9.21. The fraction of sp³-hybridized carbons (Fsp3) is 0.500. The van der Waals surface area contributed by atoms with Crippen molar-refractivity contribution in [1.82, 2.24) is 9.88 Å². The van der Waals surface area contributed by atoms with Crippen LogP contribution >= 0.6 is 0 Å². The first kappa shape index (κ1) is 17.1. The Hall–Kier alpha value is -2.34. The van der Waals surface area contributed by atoms with Crippen LogP contribution in [-0.2, 0) is 4.74 Å². The first-order chi connectivity index (χ1) is 12.8. The van der Waals surface area contributed by atoms with E-state index in [0.29, 0.717) is 30.8 Å².